The maximum atomic E-state index is 12.7. The van der Waals surface area contributed by atoms with E-state index in [4.69, 9.17) is 22.6 Å². The minimum absolute atomic E-state index is 0.139. The normalized spacial score (nSPS) is 11.2. The average molecular weight is 297 g/mol. The Morgan fingerprint density at radius 2 is 1.75 bits per heavy atom. The monoisotopic (exact) mass is 296 g/mol. The topological polar surface area (TPSA) is 49.8 Å². The van der Waals surface area contributed by atoms with Gasteiger partial charge in [0.15, 0.2) is 0 Å². The maximum absolute atomic E-state index is 12.7. The second-order valence-electron chi connectivity index (χ2n) is 4.11. The molecule has 2 rings (SSSR count). The van der Waals surface area contributed by atoms with Gasteiger partial charge in [-0.3, -0.25) is 0 Å². The Morgan fingerprint density at radius 1 is 1.05 bits per heavy atom. The molecule has 2 aromatic carbocycles. The van der Waals surface area contributed by atoms with Crippen LogP contribution in [0.1, 0.15) is 11.1 Å². The minimum atomic E-state index is -4.47. The molecule has 0 aliphatic heterocycles. The standard InChI is InChI=1S/C14H8ClF3N2/c15-12-3-2-9(14(16,17)18)6-10(12)11-5-8(7-19)1-4-13(11)20/h1-6H,20H2. The Bertz CT molecular complexity index is 703. The Kier molecular flexibility index (Phi) is 3.60. The molecule has 0 fully saturated rings. The summed E-state index contributed by atoms with van der Waals surface area (Å²) in [5.41, 5.74) is 5.94. The fourth-order valence-electron chi connectivity index (χ4n) is 1.77. The highest BCUT2D eigenvalue weighted by Crippen LogP contribution is 2.38. The molecule has 0 heterocycles. The van der Waals surface area contributed by atoms with Crippen LogP contribution in [0.4, 0.5) is 18.9 Å². The first-order valence-corrected chi connectivity index (χ1v) is 5.87. The first-order valence-electron chi connectivity index (χ1n) is 5.49. The Labute approximate surface area is 118 Å². The van der Waals surface area contributed by atoms with Crippen LogP contribution < -0.4 is 5.73 Å². The number of halogens is 4. The number of nitrogens with two attached hydrogens (primary N) is 1. The molecule has 2 N–H and O–H groups in total. The molecule has 0 aliphatic rings. The van der Waals surface area contributed by atoms with E-state index in [0.29, 0.717) is 11.1 Å². The highest BCUT2D eigenvalue weighted by atomic mass is 35.5. The summed E-state index contributed by atoms with van der Waals surface area (Å²) in [4.78, 5) is 0. The van der Waals surface area contributed by atoms with E-state index < -0.39 is 11.7 Å². The lowest BCUT2D eigenvalue weighted by molar-refractivity contribution is -0.137. The van der Waals surface area contributed by atoms with Crippen LogP contribution in [-0.2, 0) is 6.18 Å². The van der Waals surface area contributed by atoms with Crippen molar-refractivity contribution in [2.24, 2.45) is 0 Å². The molecule has 20 heavy (non-hydrogen) atoms. The fraction of sp³-hybridized carbons (Fsp3) is 0.0714. The smallest absolute Gasteiger partial charge is 0.398 e. The van der Waals surface area contributed by atoms with E-state index in [-0.39, 0.29) is 16.3 Å². The first-order chi connectivity index (χ1) is 9.32. The van der Waals surface area contributed by atoms with Gasteiger partial charge in [-0.15, -0.1) is 0 Å². The molecule has 0 bridgehead atoms. The molecule has 6 heteroatoms. The van der Waals surface area contributed by atoms with Crippen molar-refractivity contribution in [3.63, 3.8) is 0 Å². The van der Waals surface area contributed by atoms with Crippen LogP contribution in [0.5, 0.6) is 0 Å². The van der Waals surface area contributed by atoms with Gasteiger partial charge in [-0.1, -0.05) is 11.6 Å². The lowest BCUT2D eigenvalue weighted by Crippen LogP contribution is -2.05. The molecule has 0 aromatic heterocycles. The Morgan fingerprint density at radius 3 is 2.35 bits per heavy atom. The van der Waals surface area contributed by atoms with Gasteiger partial charge in [-0.25, -0.2) is 0 Å². The molecule has 0 saturated carbocycles. The molecule has 0 aliphatic carbocycles. The van der Waals surface area contributed by atoms with Gasteiger partial charge in [0.25, 0.3) is 0 Å². The number of nitrogen functional groups attached to an aromatic ring is 1. The van der Waals surface area contributed by atoms with E-state index in [1.165, 1.54) is 18.2 Å². The van der Waals surface area contributed by atoms with Gasteiger partial charge in [0, 0.05) is 21.8 Å². The van der Waals surface area contributed by atoms with Crippen molar-refractivity contribution in [1.29, 1.82) is 5.26 Å². The summed E-state index contributed by atoms with van der Waals surface area (Å²) in [7, 11) is 0. The van der Waals surface area contributed by atoms with Crippen molar-refractivity contribution in [2.75, 3.05) is 5.73 Å². The van der Waals surface area contributed by atoms with Crippen LogP contribution in [0.3, 0.4) is 0 Å². The van der Waals surface area contributed by atoms with E-state index >= 15 is 0 Å². The molecule has 2 nitrogen and oxygen atoms in total. The van der Waals surface area contributed by atoms with Crippen molar-refractivity contribution < 1.29 is 13.2 Å². The van der Waals surface area contributed by atoms with Gasteiger partial charge >= 0.3 is 6.18 Å². The van der Waals surface area contributed by atoms with Crippen molar-refractivity contribution >= 4 is 17.3 Å². The number of benzene rings is 2. The molecule has 0 amide bonds. The van der Waals surface area contributed by atoms with Crippen molar-refractivity contribution in [2.45, 2.75) is 6.18 Å². The van der Waals surface area contributed by atoms with Gasteiger partial charge in [0.05, 0.1) is 17.2 Å². The molecule has 0 radical (unpaired) electrons. The zero-order chi connectivity index (χ0) is 14.9. The molecule has 0 saturated heterocycles. The summed E-state index contributed by atoms with van der Waals surface area (Å²) in [5.74, 6) is 0. The lowest BCUT2D eigenvalue weighted by Gasteiger charge is -2.12. The minimum Gasteiger partial charge on any atom is -0.398 e. The van der Waals surface area contributed by atoms with Gasteiger partial charge < -0.3 is 5.73 Å². The van der Waals surface area contributed by atoms with Crippen LogP contribution in [-0.4, -0.2) is 0 Å². The molecule has 2 aromatic rings. The highest BCUT2D eigenvalue weighted by molar-refractivity contribution is 6.33. The quantitative estimate of drug-likeness (QED) is 0.789. The predicted octanol–water partition coefficient (Wildman–Crippen LogP) is 4.48. The van der Waals surface area contributed by atoms with E-state index in [9.17, 15) is 13.2 Å². The SMILES string of the molecule is N#Cc1ccc(N)c(-c2cc(C(F)(F)F)ccc2Cl)c1. The summed E-state index contributed by atoms with van der Waals surface area (Å²) >= 11 is 5.94. The zero-order valence-electron chi connectivity index (χ0n) is 10.0. The molecule has 0 unspecified atom stereocenters. The van der Waals surface area contributed by atoms with Crippen LogP contribution in [0.25, 0.3) is 11.1 Å². The van der Waals surface area contributed by atoms with Crippen LogP contribution in [0.15, 0.2) is 36.4 Å². The second kappa shape index (κ2) is 5.06. The highest BCUT2D eigenvalue weighted by Gasteiger charge is 2.31. The fourth-order valence-corrected chi connectivity index (χ4v) is 1.99. The first kappa shape index (κ1) is 14.2. The van der Waals surface area contributed by atoms with Gasteiger partial charge in [0.1, 0.15) is 0 Å². The number of nitriles is 1. The van der Waals surface area contributed by atoms with E-state index in [1.54, 1.807) is 0 Å². The molecule has 0 spiro atoms. The third-order valence-corrected chi connectivity index (χ3v) is 3.10. The number of alkyl halides is 3. The zero-order valence-corrected chi connectivity index (χ0v) is 10.8. The molecular formula is C14H8ClF3N2. The van der Waals surface area contributed by atoms with Crippen LogP contribution in [0.2, 0.25) is 5.02 Å². The van der Waals surface area contributed by atoms with Gasteiger partial charge in [0.2, 0.25) is 0 Å². The maximum Gasteiger partial charge on any atom is 0.416 e. The number of nitrogens with zero attached hydrogens (tertiary/aromatic N) is 1. The van der Waals surface area contributed by atoms with Crippen molar-refractivity contribution in [3.8, 4) is 17.2 Å². The van der Waals surface area contributed by atoms with Crippen molar-refractivity contribution in [3.05, 3.63) is 52.5 Å². The summed E-state index contributed by atoms with van der Waals surface area (Å²) in [6.07, 6.45) is -4.47. The lowest BCUT2D eigenvalue weighted by atomic mass is 9.99. The van der Waals surface area contributed by atoms with Gasteiger partial charge in [-0.2, -0.15) is 18.4 Å². The number of anilines is 1. The van der Waals surface area contributed by atoms with E-state index in [2.05, 4.69) is 0 Å². The third-order valence-electron chi connectivity index (χ3n) is 2.77. The second-order valence-corrected chi connectivity index (χ2v) is 4.51. The largest absolute Gasteiger partial charge is 0.416 e. The Hall–Kier alpha value is -2.19. The number of rotatable bonds is 1. The predicted molar refractivity (Wildman–Crippen MR) is 71.0 cm³/mol. The summed E-state index contributed by atoms with van der Waals surface area (Å²) in [6, 6.07) is 9.26. The van der Waals surface area contributed by atoms with E-state index in [0.717, 1.165) is 18.2 Å². The van der Waals surface area contributed by atoms with Crippen LogP contribution in [0, 0.1) is 11.3 Å². The van der Waals surface area contributed by atoms with Crippen LogP contribution >= 0.6 is 11.6 Å². The number of hydrogen-bond acceptors (Lipinski definition) is 2. The van der Waals surface area contributed by atoms with E-state index in [1.807, 2.05) is 6.07 Å². The average Bonchev–Trinajstić information content (AvgIpc) is 2.39. The molecule has 0 atom stereocenters. The summed E-state index contributed by atoms with van der Waals surface area (Å²) in [6.45, 7) is 0. The van der Waals surface area contributed by atoms with Crippen molar-refractivity contribution in [1.82, 2.24) is 0 Å². The third kappa shape index (κ3) is 2.70. The summed E-state index contributed by atoms with van der Waals surface area (Å²) < 4.78 is 38.2. The number of hydrogen-bond donors (Lipinski definition) is 1. The molecule has 102 valence electrons. The molecular weight excluding hydrogens is 289 g/mol. The Balaban J connectivity index is 2.67. The summed E-state index contributed by atoms with van der Waals surface area (Å²) in [5, 5.41) is 8.99. The van der Waals surface area contributed by atoms with Gasteiger partial charge in [-0.05, 0) is 36.4 Å².